The van der Waals surface area contributed by atoms with Crippen molar-refractivity contribution in [3.8, 4) is 0 Å². The molecule has 1 aliphatic heterocycles. The molecule has 0 aromatic heterocycles. The first kappa shape index (κ1) is 40.8. The zero-order valence-corrected chi connectivity index (χ0v) is 31.5. The number of likely N-dealkylation sites (tertiary alicyclic amines) is 1. The summed E-state index contributed by atoms with van der Waals surface area (Å²) in [5, 5.41) is 13.9. The Morgan fingerprint density at radius 2 is 1.62 bits per heavy atom. The second kappa shape index (κ2) is 17.0. The van der Waals surface area contributed by atoms with Gasteiger partial charge in [-0.15, -0.1) is 6.58 Å². The van der Waals surface area contributed by atoms with Crippen molar-refractivity contribution in [2.75, 3.05) is 26.2 Å². The van der Waals surface area contributed by atoms with Gasteiger partial charge < -0.3 is 36.2 Å². The third-order valence-corrected chi connectivity index (χ3v) is 11.1. The van der Waals surface area contributed by atoms with Gasteiger partial charge in [0.1, 0.15) is 18.7 Å². The Kier molecular flexibility index (Phi) is 13.9. The van der Waals surface area contributed by atoms with E-state index < -0.39 is 64.7 Å². The van der Waals surface area contributed by atoms with Crippen molar-refractivity contribution in [1.29, 1.82) is 0 Å². The van der Waals surface area contributed by atoms with Crippen LogP contribution >= 0.6 is 0 Å². The molecule has 0 aromatic rings. The minimum atomic E-state index is -1.03. The van der Waals surface area contributed by atoms with Gasteiger partial charge in [0.15, 0.2) is 0 Å². The average molecular weight is 703 g/mol. The summed E-state index contributed by atoms with van der Waals surface area (Å²) >= 11 is 0. The maximum atomic E-state index is 14.8. The zero-order chi connectivity index (χ0) is 37.4. The molecule has 3 rings (SSSR count). The summed E-state index contributed by atoms with van der Waals surface area (Å²) < 4.78 is 5.36. The number of unbranched alkanes of at least 4 members (excludes halogenated alkanes) is 1. The number of fused-ring (bicyclic) bond motifs is 1. The largest absolute Gasteiger partial charge is 0.447 e. The molecule has 3 fully saturated rings. The molecular formula is C37H62N6O7. The van der Waals surface area contributed by atoms with Crippen LogP contribution in [0.2, 0.25) is 0 Å². The van der Waals surface area contributed by atoms with Crippen molar-refractivity contribution >= 4 is 35.6 Å². The van der Waals surface area contributed by atoms with Crippen LogP contribution in [0.5, 0.6) is 0 Å². The highest BCUT2D eigenvalue weighted by atomic mass is 16.5. The van der Waals surface area contributed by atoms with Crippen molar-refractivity contribution < 1.29 is 33.5 Å². The highest BCUT2D eigenvalue weighted by Gasteiger charge is 2.70. The Morgan fingerprint density at radius 3 is 2.20 bits per heavy atom. The quantitative estimate of drug-likeness (QED) is 0.120. The van der Waals surface area contributed by atoms with E-state index in [2.05, 4.69) is 47.0 Å². The summed E-state index contributed by atoms with van der Waals surface area (Å²) in [5.74, 6) is -2.37. The number of hydrogen-bond acceptors (Lipinski definition) is 7. The molecule has 0 bridgehead atoms. The number of carbonyl (C=O) groups is 6. The SMILES string of the molecule is C=CCNC(=O)C(=O)C(CCCC)NC(=O)[C@@H]1[C@@H]2[C@H](CN1C(=O)[C@@H](NC(=O)N[C@H](COC(=O)NCC)C(C)(C)C)C1(C)CCCCC1)C2(C)C. The van der Waals surface area contributed by atoms with Crippen molar-refractivity contribution in [1.82, 2.24) is 31.5 Å². The highest BCUT2D eigenvalue weighted by molar-refractivity contribution is 6.38. The van der Waals surface area contributed by atoms with Gasteiger partial charge in [-0.05, 0) is 54.3 Å². The second-order valence-corrected chi connectivity index (χ2v) is 16.3. The fraction of sp³-hybridized carbons (Fsp3) is 0.784. The van der Waals surface area contributed by atoms with E-state index >= 15 is 0 Å². The van der Waals surface area contributed by atoms with E-state index in [4.69, 9.17) is 4.74 Å². The van der Waals surface area contributed by atoms with Crippen LogP contribution < -0.4 is 26.6 Å². The number of urea groups is 1. The van der Waals surface area contributed by atoms with Gasteiger partial charge in [-0.1, -0.05) is 86.6 Å². The lowest BCUT2D eigenvalue weighted by atomic mass is 9.70. The molecule has 282 valence electrons. The van der Waals surface area contributed by atoms with Crippen molar-refractivity contribution in [2.24, 2.45) is 28.1 Å². The van der Waals surface area contributed by atoms with Gasteiger partial charge in [0, 0.05) is 19.6 Å². The number of nitrogens with zero attached hydrogens (tertiary/aromatic N) is 1. The summed E-state index contributed by atoms with van der Waals surface area (Å²) in [6.45, 7) is 20.1. The van der Waals surface area contributed by atoms with Gasteiger partial charge in [-0.3, -0.25) is 19.2 Å². The van der Waals surface area contributed by atoms with Crippen molar-refractivity contribution in [2.45, 2.75) is 131 Å². The van der Waals surface area contributed by atoms with Gasteiger partial charge in [0.2, 0.25) is 17.6 Å². The molecule has 1 heterocycles. The third kappa shape index (κ3) is 9.78. The fourth-order valence-corrected chi connectivity index (χ4v) is 7.70. The second-order valence-electron chi connectivity index (χ2n) is 16.3. The minimum Gasteiger partial charge on any atom is -0.447 e. The van der Waals surface area contributed by atoms with E-state index in [0.717, 1.165) is 38.5 Å². The summed E-state index contributed by atoms with van der Waals surface area (Å²) in [6, 6.07) is -3.93. The first-order valence-electron chi connectivity index (χ1n) is 18.4. The normalized spacial score (nSPS) is 23.6. The van der Waals surface area contributed by atoms with Crippen molar-refractivity contribution in [3.05, 3.63) is 12.7 Å². The first-order valence-corrected chi connectivity index (χ1v) is 18.4. The van der Waals surface area contributed by atoms with Gasteiger partial charge >= 0.3 is 12.1 Å². The molecule has 2 saturated carbocycles. The van der Waals surface area contributed by atoms with Crippen LogP contribution in [0.3, 0.4) is 0 Å². The van der Waals surface area contributed by atoms with E-state index in [1.54, 1.807) is 11.8 Å². The Morgan fingerprint density at radius 1 is 0.960 bits per heavy atom. The monoisotopic (exact) mass is 702 g/mol. The standard InChI is InChI=1S/C37H62N6O7/c1-10-13-17-24(28(44)31(46)39-20-11-2)40-30(45)27-26-23(36(26,7)8)21-43(27)32(47)29(37(9)18-15-14-16-19-37)42-33(48)41-25(35(4,5)6)22-50-34(49)38-12-3/h11,23-27,29H,2,10,12-22H2,1,3-9H3,(H,38,49)(H,39,46)(H,40,45)(H2,41,42,48)/t23-,24?,25+,26-,27-,29+/m0/s1. The summed E-state index contributed by atoms with van der Waals surface area (Å²) in [4.78, 5) is 82.1. The molecule has 6 atom stereocenters. The Balaban J connectivity index is 1.88. The zero-order valence-electron chi connectivity index (χ0n) is 31.5. The summed E-state index contributed by atoms with van der Waals surface area (Å²) in [5.41, 5.74) is -1.23. The number of carbonyl (C=O) groups excluding carboxylic acids is 6. The number of ketones is 1. The lowest BCUT2D eigenvalue weighted by Gasteiger charge is -2.43. The van der Waals surface area contributed by atoms with Crippen LogP contribution in [0.15, 0.2) is 12.7 Å². The summed E-state index contributed by atoms with van der Waals surface area (Å²) in [7, 11) is 0. The molecular weight excluding hydrogens is 640 g/mol. The number of ether oxygens (including phenoxy) is 1. The van der Waals surface area contributed by atoms with Crippen LogP contribution in [0.4, 0.5) is 9.59 Å². The smallest absolute Gasteiger partial charge is 0.407 e. The Bertz CT molecular complexity index is 1270. The number of hydrogen-bond donors (Lipinski definition) is 5. The fourth-order valence-electron chi connectivity index (χ4n) is 7.70. The Hall–Kier alpha value is -3.64. The number of rotatable bonds is 16. The van der Waals surface area contributed by atoms with E-state index in [1.807, 2.05) is 34.6 Å². The number of alkyl carbamates (subject to hydrolysis) is 1. The third-order valence-electron chi connectivity index (χ3n) is 11.1. The molecule has 6 amide bonds. The first-order chi connectivity index (χ1) is 23.4. The van der Waals surface area contributed by atoms with Gasteiger partial charge in [-0.25, -0.2) is 9.59 Å². The van der Waals surface area contributed by atoms with E-state index in [1.165, 1.54) is 6.08 Å². The molecule has 0 spiro atoms. The number of piperidine rings is 1. The molecule has 13 heteroatoms. The van der Waals surface area contributed by atoms with Crippen molar-refractivity contribution in [3.63, 3.8) is 0 Å². The molecule has 50 heavy (non-hydrogen) atoms. The maximum absolute atomic E-state index is 14.8. The minimum absolute atomic E-state index is 0.0605. The predicted octanol–water partition coefficient (Wildman–Crippen LogP) is 3.81. The van der Waals surface area contributed by atoms with E-state index in [-0.39, 0.29) is 36.3 Å². The maximum Gasteiger partial charge on any atom is 0.407 e. The molecule has 3 aliphatic rings. The summed E-state index contributed by atoms with van der Waals surface area (Å²) in [6.07, 6.45) is 6.88. The molecule has 5 N–H and O–H groups in total. The van der Waals surface area contributed by atoms with E-state index in [0.29, 0.717) is 25.9 Å². The number of nitrogens with one attached hydrogen (secondary N) is 5. The molecule has 1 unspecified atom stereocenters. The van der Waals surface area contributed by atoms with Gasteiger partial charge in [0.25, 0.3) is 5.91 Å². The van der Waals surface area contributed by atoms with Crippen LogP contribution in [-0.4, -0.2) is 90.9 Å². The van der Waals surface area contributed by atoms with Crippen LogP contribution in [-0.2, 0) is 23.9 Å². The molecule has 0 aromatic carbocycles. The van der Waals surface area contributed by atoms with Crippen LogP contribution in [0.25, 0.3) is 0 Å². The van der Waals surface area contributed by atoms with E-state index in [9.17, 15) is 28.8 Å². The lowest BCUT2D eigenvalue weighted by molar-refractivity contribution is -0.146. The molecule has 1 saturated heterocycles. The van der Waals surface area contributed by atoms with Crippen LogP contribution in [0, 0.1) is 28.1 Å². The Labute approximate surface area is 298 Å². The predicted molar refractivity (Wildman–Crippen MR) is 191 cm³/mol. The molecule has 0 radical (unpaired) electrons. The van der Waals surface area contributed by atoms with Crippen LogP contribution in [0.1, 0.15) is 107 Å². The highest BCUT2D eigenvalue weighted by Crippen LogP contribution is 2.65. The molecule has 2 aliphatic carbocycles. The average Bonchev–Trinajstić information content (AvgIpc) is 3.36. The lowest BCUT2D eigenvalue weighted by Crippen LogP contribution is -2.63. The molecule has 13 nitrogen and oxygen atoms in total. The van der Waals surface area contributed by atoms with Gasteiger partial charge in [0.05, 0.1) is 12.1 Å². The number of amides is 6. The number of Topliss-reactive ketones (excluding diaryl/α,β-unsaturated/α-hetero) is 1. The van der Waals surface area contributed by atoms with Gasteiger partial charge in [-0.2, -0.15) is 0 Å². The topological polar surface area (TPSA) is 175 Å².